The summed E-state index contributed by atoms with van der Waals surface area (Å²) >= 11 is 0. The first-order valence-electron chi connectivity index (χ1n) is 7.62. The number of benzene rings is 2. The van der Waals surface area contributed by atoms with Gasteiger partial charge in [-0.15, -0.1) is 0 Å². The van der Waals surface area contributed by atoms with Crippen molar-refractivity contribution in [3.8, 4) is 11.3 Å². The molecule has 0 radical (unpaired) electrons. The summed E-state index contributed by atoms with van der Waals surface area (Å²) in [6.45, 7) is 7.48. The second-order valence-electron chi connectivity index (χ2n) is 5.72. The monoisotopic (exact) mass is 278 g/mol. The van der Waals surface area contributed by atoms with Crippen LogP contribution in [0.1, 0.15) is 24.5 Å². The summed E-state index contributed by atoms with van der Waals surface area (Å²) < 4.78 is 0. The van der Waals surface area contributed by atoms with Crippen LogP contribution in [0.2, 0.25) is 0 Å². The highest BCUT2D eigenvalue weighted by Crippen LogP contribution is 2.35. The highest BCUT2D eigenvalue weighted by molar-refractivity contribution is 6.01. The van der Waals surface area contributed by atoms with Gasteiger partial charge in [0, 0.05) is 23.0 Å². The molecule has 2 N–H and O–H groups in total. The predicted molar refractivity (Wildman–Crippen MR) is 92.0 cm³/mol. The van der Waals surface area contributed by atoms with Crippen LogP contribution in [-0.4, -0.2) is 11.5 Å². The number of rotatable bonds is 4. The molecule has 2 heteroatoms. The third kappa shape index (κ3) is 2.66. The SMILES string of the molecule is CCCNc1c(-c2cc(C)cc(C)c2)[nH]c2ccccc12. The topological polar surface area (TPSA) is 27.8 Å². The fourth-order valence-electron chi connectivity index (χ4n) is 2.91. The zero-order chi connectivity index (χ0) is 14.8. The zero-order valence-electron chi connectivity index (χ0n) is 13.0. The Kier molecular flexibility index (Phi) is 3.70. The molecule has 1 aromatic heterocycles. The summed E-state index contributed by atoms with van der Waals surface area (Å²) in [5, 5.41) is 4.86. The van der Waals surface area contributed by atoms with E-state index in [9.17, 15) is 0 Å². The Morgan fingerprint density at radius 3 is 2.43 bits per heavy atom. The fourth-order valence-corrected chi connectivity index (χ4v) is 2.91. The minimum Gasteiger partial charge on any atom is -0.383 e. The maximum absolute atomic E-state index is 3.59. The van der Waals surface area contributed by atoms with E-state index in [2.05, 4.69) is 73.5 Å². The minimum atomic E-state index is 0.986. The van der Waals surface area contributed by atoms with E-state index in [1.165, 1.54) is 39.0 Å². The number of fused-ring (bicyclic) bond motifs is 1. The highest BCUT2D eigenvalue weighted by atomic mass is 14.9. The summed E-state index contributed by atoms with van der Waals surface area (Å²) in [5.41, 5.74) is 7.44. The van der Waals surface area contributed by atoms with Crippen molar-refractivity contribution >= 4 is 16.6 Å². The van der Waals surface area contributed by atoms with Gasteiger partial charge in [-0.1, -0.05) is 42.3 Å². The second-order valence-corrected chi connectivity index (χ2v) is 5.72. The van der Waals surface area contributed by atoms with E-state index in [0.29, 0.717) is 0 Å². The Labute approximate surface area is 126 Å². The molecule has 0 fully saturated rings. The van der Waals surface area contributed by atoms with Crippen LogP contribution in [0.25, 0.3) is 22.2 Å². The molecule has 3 aromatic rings. The molecule has 0 saturated heterocycles. The van der Waals surface area contributed by atoms with Crippen LogP contribution < -0.4 is 5.32 Å². The molecule has 2 nitrogen and oxygen atoms in total. The summed E-state index contributed by atoms with van der Waals surface area (Å²) in [4.78, 5) is 3.58. The number of nitrogens with one attached hydrogen (secondary N) is 2. The number of hydrogen-bond acceptors (Lipinski definition) is 1. The lowest BCUT2D eigenvalue weighted by Crippen LogP contribution is -2.00. The average molecular weight is 278 g/mol. The molecule has 2 aromatic carbocycles. The van der Waals surface area contributed by atoms with Crippen LogP contribution in [-0.2, 0) is 0 Å². The number of anilines is 1. The van der Waals surface area contributed by atoms with E-state index in [-0.39, 0.29) is 0 Å². The van der Waals surface area contributed by atoms with Gasteiger partial charge in [-0.3, -0.25) is 0 Å². The number of H-pyrrole nitrogens is 1. The Balaban J connectivity index is 2.20. The van der Waals surface area contributed by atoms with Gasteiger partial charge >= 0.3 is 0 Å². The molecular weight excluding hydrogens is 256 g/mol. The van der Waals surface area contributed by atoms with Crippen LogP contribution in [0.3, 0.4) is 0 Å². The first-order chi connectivity index (χ1) is 10.2. The number of aromatic amines is 1. The molecule has 21 heavy (non-hydrogen) atoms. The molecule has 0 aliphatic rings. The molecule has 3 rings (SSSR count). The van der Waals surface area contributed by atoms with E-state index in [4.69, 9.17) is 0 Å². The van der Waals surface area contributed by atoms with Gasteiger partial charge in [0.25, 0.3) is 0 Å². The normalized spacial score (nSPS) is 11.0. The largest absolute Gasteiger partial charge is 0.383 e. The van der Waals surface area contributed by atoms with Crippen LogP contribution in [0.5, 0.6) is 0 Å². The van der Waals surface area contributed by atoms with Crippen LogP contribution in [0.4, 0.5) is 5.69 Å². The van der Waals surface area contributed by atoms with E-state index in [1.807, 2.05) is 0 Å². The van der Waals surface area contributed by atoms with Crippen LogP contribution in [0, 0.1) is 13.8 Å². The maximum atomic E-state index is 3.59. The van der Waals surface area contributed by atoms with Crippen molar-refractivity contribution in [2.45, 2.75) is 27.2 Å². The Hall–Kier alpha value is -2.22. The molecule has 0 unspecified atom stereocenters. The Bertz CT molecular complexity index is 748. The van der Waals surface area contributed by atoms with Gasteiger partial charge in [-0.05, 0) is 38.5 Å². The molecule has 108 valence electrons. The van der Waals surface area contributed by atoms with Gasteiger partial charge in [0.05, 0.1) is 11.4 Å². The zero-order valence-corrected chi connectivity index (χ0v) is 13.0. The molecule has 0 spiro atoms. The first kappa shape index (κ1) is 13.7. The van der Waals surface area contributed by atoms with Crippen molar-refractivity contribution in [1.29, 1.82) is 0 Å². The van der Waals surface area contributed by atoms with Gasteiger partial charge in [-0.25, -0.2) is 0 Å². The fraction of sp³-hybridized carbons (Fsp3) is 0.263. The van der Waals surface area contributed by atoms with E-state index in [0.717, 1.165) is 13.0 Å². The lowest BCUT2D eigenvalue weighted by molar-refractivity contribution is 0.982. The van der Waals surface area contributed by atoms with Crippen molar-refractivity contribution < 1.29 is 0 Å². The average Bonchev–Trinajstić information content (AvgIpc) is 2.83. The minimum absolute atomic E-state index is 0.986. The molecule has 0 aliphatic heterocycles. The highest BCUT2D eigenvalue weighted by Gasteiger charge is 2.12. The van der Waals surface area contributed by atoms with Gasteiger partial charge in [0.15, 0.2) is 0 Å². The van der Waals surface area contributed by atoms with Crippen LogP contribution >= 0.6 is 0 Å². The lowest BCUT2D eigenvalue weighted by atomic mass is 10.0. The van der Waals surface area contributed by atoms with Crippen LogP contribution in [0.15, 0.2) is 42.5 Å². The van der Waals surface area contributed by atoms with Crippen molar-refractivity contribution in [1.82, 2.24) is 4.98 Å². The van der Waals surface area contributed by atoms with Gasteiger partial charge in [0.1, 0.15) is 0 Å². The lowest BCUT2D eigenvalue weighted by Gasteiger charge is -2.09. The number of hydrogen-bond donors (Lipinski definition) is 2. The van der Waals surface area contributed by atoms with Crippen molar-refractivity contribution in [3.63, 3.8) is 0 Å². The smallest absolute Gasteiger partial charge is 0.0700 e. The third-order valence-corrected chi connectivity index (χ3v) is 3.77. The summed E-state index contributed by atoms with van der Waals surface area (Å²) in [6.07, 6.45) is 1.12. The van der Waals surface area contributed by atoms with Gasteiger partial charge in [0.2, 0.25) is 0 Å². The quantitative estimate of drug-likeness (QED) is 0.668. The first-order valence-corrected chi connectivity index (χ1v) is 7.62. The third-order valence-electron chi connectivity index (χ3n) is 3.77. The summed E-state index contributed by atoms with van der Waals surface area (Å²) in [5.74, 6) is 0. The van der Waals surface area contributed by atoms with E-state index < -0.39 is 0 Å². The number of para-hydroxylation sites is 1. The predicted octanol–water partition coefficient (Wildman–Crippen LogP) is 5.27. The number of aromatic nitrogens is 1. The summed E-state index contributed by atoms with van der Waals surface area (Å²) in [7, 11) is 0. The number of aryl methyl sites for hydroxylation is 2. The Morgan fingerprint density at radius 1 is 1.00 bits per heavy atom. The van der Waals surface area contributed by atoms with Gasteiger partial charge < -0.3 is 10.3 Å². The molecule has 0 atom stereocenters. The molecule has 0 bridgehead atoms. The van der Waals surface area contributed by atoms with E-state index >= 15 is 0 Å². The molecule has 0 aliphatic carbocycles. The molecular formula is C19H22N2. The van der Waals surface area contributed by atoms with Crippen molar-refractivity contribution in [3.05, 3.63) is 53.6 Å². The molecule has 0 saturated carbocycles. The molecule has 1 heterocycles. The second kappa shape index (κ2) is 5.65. The summed E-state index contributed by atoms with van der Waals surface area (Å²) in [6, 6.07) is 15.2. The van der Waals surface area contributed by atoms with Crippen molar-refractivity contribution in [2.24, 2.45) is 0 Å². The molecule has 0 amide bonds. The van der Waals surface area contributed by atoms with Gasteiger partial charge in [-0.2, -0.15) is 0 Å². The Morgan fingerprint density at radius 2 is 1.71 bits per heavy atom. The van der Waals surface area contributed by atoms with E-state index in [1.54, 1.807) is 0 Å². The van der Waals surface area contributed by atoms with Crippen molar-refractivity contribution in [2.75, 3.05) is 11.9 Å². The standard InChI is InChI=1S/C19H22N2/c1-4-9-20-19-16-7-5-6-8-17(16)21-18(19)15-11-13(2)10-14(3)12-15/h5-8,10-12,20-21H,4,9H2,1-3H3. The maximum Gasteiger partial charge on any atom is 0.0700 e.